The van der Waals surface area contributed by atoms with Gasteiger partial charge in [0.25, 0.3) is 0 Å². The molecule has 6 nitrogen and oxygen atoms in total. The van der Waals surface area contributed by atoms with Crippen LogP contribution in [-0.4, -0.2) is 22.0 Å². The summed E-state index contributed by atoms with van der Waals surface area (Å²) in [4.78, 5) is 0. The van der Waals surface area contributed by atoms with Crippen LogP contribution in [0.2, 0.25) is 5.02 Å². The van der Waals surface area contributed by atoms with Gasteiger partial charge in [0.2, 0.25) is 4.77 Å². The summed E-state index contributed by atoms with van der Waals surface area (Å²) in [5, 5.41) is 9.61. The molecule has 1 heterocycles. The van der Waals surface area contributed by atoms with Gasteiger partial charge in [0.05, 0.1) is 24.2 Å². The first-order valence-corrected chi connectivity index (χ1v) is 12.0. The molecule has 0 fully saturated rings. The molecule has 0 saturated carbocycles. The van der Waals surface area contributed by atoms with E-state index in [0.717, 1.165) is 21.9 Å². The van der Waals surface area contributed by atoms with E-state index in [4.69, 9.17) is 33.3 Å². The third kappa shape index (κ3) is 4.65. The Labute approximate surface area is 217 Å². The normalized spacial score (nSPS) is 11.0. The molecule has 0 aliphatic carbocycles. The van der Waals surface area contributed by atoms with Crippen molar-refractivity contribution in [3.05, 3.63) is 106 Å². The van der Waals surface area contributed by atoms with Crippen LogP contribution in [0.4, 0.5) is 4.39 Å². The fraction of sp³-hybridized carbons (Fsp3) is 0.111. The quantitative estimate of drug-likeness (QED) is 0.218. The number of ether oxygens (including phenoxy) is 2. The monoisotopic (exact) mass is 520 g/mol. The minimum absolute atomic E-state index is 0.00550. The molecule has 182 valence electrons. The first kappa shape index (κ1) is 23.8. The van der Waals surface area contributed by atoms with E-state index < -0.39 is 5.82 Å². The fourth-order valence-corrected chi connectivity index (χ4v) is 4.48. The van der Waals surface area contributed by atoms with Crippen molar-refractivity contribution in [1.29, 1.82) is 0 Å². The van der Waals surface area contributed by atoms with Crippen molar-refractivity contribution in [2.24, 2.45) is 0 Å². The van der Waals surface area contributed by atoms with Gasteiger partial charge >= 0.3 is 0 Å². The predicted octanol–water partition coefficient (Wildman–Crippen LogP) is 6.88. The van der Waals surface area contributed by atoms with Gasteiger partial charge in [-0.1, -0.05) is 60.1 Å². The number of hydrogen-bond acceptors (Lipinski definition) is 5. The Morgan fingerprint density at radius 3 is 2.61 bits per heavy atom. The van der Waals surface area contributed by atoms with Crippen molar-refractivity contribution in [1.82, 2.24) is 14.9 Å². The van der Waals surface area contributed by atoms with E-state index in [9.17, 15) is 4.39 Å². The van der Waals surface area contributed by atoms with Crippen LogP contribution in [0.1, 0.15) is 11.1 Å². The second kappa shape index (κ2) is 10.4. The zero-order valence-corrected chi connectivity index (χ0v) is 20.9. The third-order valence-electron chi connectivity index (χ3n) is 5.87. The summed E-state index contributed by atoms with van der Waals surface area (Å²) >= 11 is 11.7. The molecular formula is C27H22ClFN4O2S. The Bertz CT molecular complexity index is 1580. The number of halogens is 2. The number of aromatic amines is 1. The van der Waals surface area contributed by atoms with Gasteiger partial charge in [0, 0.05) is 11.1 Å². The van der Waals surface area contributed by atoms with Gasteiger partial charge in [-0.05, 0) is 53.3 Å². The SMILES string of the molecule is COc1ccccc1-c1n[nH]c(=S)n1NCc1c(OCc2c(F)cccc2Cl)ccc2ccccc12. The molecule has 5 rings (SSSR count). The molecule has 0 radical (unpaired) electrons. The summed E-state index contributed by atoms with van der Waals surface area (Å²) in [5.41, 5.74) is 5.34. The van der Waals surface area contributed by atoms with Gasteiger partial charge < -0.3 is 14.9 Å². The van der Waals surface area contributed by atoms with Crippen molar-refractivity contribution < 1.29 is 13.9 Å². The zero-order chi connectivity index (χ0) is 25.1. The Morgan fingerprint density at radius 2 is 1.78 bits per heavy atom. The van der Waals surface area contributed by atoms with E-state index in [2.05, 4.69) is 15.6 Å². The summed E-state index contributed by atoms with van der Waals surface area (Å²) in [6.07, 6.45) is 0. The fourth-order valence-electron chi connectivity index (χ4n) is 4.07. The Morgan fingerprint density at radius 1 is 0.972 bits per heavy atom. The lowest BCUT2D eigenvalue weighted by Crippen LogP contribution is -2.17. The maximum atomic E-state index is 14.3. The van der Waals surface area contributed by atoms with Crippen molar-refractivity contribution in [2.45, 2.75) is 13.2 Å². The van der Waals surface area contributed by atoms with Gasteiger partial charge in [0.15, 0.2) is 5.82 Å². The molecule has 9 heteroatoms. The number of hydrogen-bond donors (Lipinski definition) is 2. The first-order valence-electron chi connectivity index (χ1n) is 11.2. The second-order valence-corrected chi connectivity index (χ2v) is 8.77. The van der Waals surface area contributed by atoms with Crippen molar-refractivity contribution in [2.75, 3.05) is 12.5 Å². The lowest BCUT2D eigenvalue weighted by molar-refractivity contribution is 0.297. The van der Waals surface area contributed by atoms with Gasteiger partial charge in [-0.2, -0.15) is 5.10 Å². The first-order chi connectivity index (χ1) is 17.6. The molecular weight excluding hydrogens is 499 g/mol. The van der Waals surface area contributed by atoms with E-state index in [0.29, 0.717) is 39.2 Å². The number of fused-ring (bicyclic) bond motifs is 1. The summed E-state index contributed by atoms with van der Waals surface area (Å²) in [7, 11) is 1.61. The highest BCUT2D eigenvalue weighted by Gasteiger charge is 2.16. The van der Waals surface area contributed by atoms with Gasteiger partial charge in [-0.25, -0.2) is 14.2 Å². The largest absolute Gasteiger partial charge is 0.496 e. The molecule has 0 spiro atoms. The maximum absolute atomic E-state index is 14.3. The number of rotatable bonds is 8. The number of para-hydroxylation sites is 1. The molecule has 2 N–H and O–H groups in total. The lowest BCUT2D eigenvalue weighted by atomic mass is 10.0. The van der Waals surface area contributed by atoms with Crippen LogP contribution in [0, 0.1) is 10.6 Å². The van der Waals surface area contributed by atoms with Crippen molar-refractivity contribution in [3.63, 3.8) is 0 Å². The predicted molar refractivity (Wildman–Crippen MR) is 142 cm³/mol. The molecule has 0 aliphatic rings. The van der Waals surface area contributed by atoms with Crippen LogP contribution in [0.25, 0.3) is 22.2 Å². The van der Waals surface area contributed by atoms with Gasteiger partial charge in [-0.15, -0.1) is 0 Å². The molecule has 1 aromatic heterocycles. The second-order valence-electron chi connectivity index (χ2n) is 7.98. The van der Waals surface area contributed by atoms with Gasteiger partial charge in [0.1, 0.15) is 23.9 Å². The van der Waals surface area contributed by atoms with Crippen molar-refractivity contribution >= 4 is 34.6 Å². The molecule has 5 aromatic rings. The number of nitrogens with one attached hydrogen (secondary N) is 2. The Hall–Kier alpha value is -3.88. The van der Waals surface area contributed by atoms with Crippen LogP contribution in [-0.2, 0) is 13.2 Å². The summed E-state index contributed by atoms with van der Waals surface area (Å²) in [5.74, 6) is 1.45. The topological polar surface area (TPSA) is 64.1 Å². The van der Waals surface area contributed by atoms with Gasteiger partial charge in [-0.3, -0.25) is 0 Å². The zero-order valence-electron chi connectivity index (χ0n) is 19.3. The summed E-state index contributed by atoms with van der Waals surface area (Å²) in [6.45, 7) is 0.353. The molecule has 0 bridgehead atoms. The highest BCUT2D eigenvalue weighted by molar-refractivity contribution is 7.71. The number of benzene rings is 4. The van der Waals surface area contributed by atoms with E-state index in [-0.39, 0.29) is 6.61 Å². The van der Waals surface area contributed by atoms with Crippen LogP contribution < -0.4 is 14.9 Å². The number of nitrogens with zero attached hydrogens (tertiary/aromatic N) is 2. The third-order valence-corrected chi connectivity index (χ3v) is 6.49. The molecule has 0 amide bonds. The molecule has 0 atom stereocenters. The van der Waals surface area contributed by atoms with E-state index in [1.54, 1.807) is 23.9 Å². The average Bonchev–Trinajstić information content (AvgIpc) is 3.27. The minimum Gasteiger partial charge on any atom is -0.496 e. The smallest absolute Gasteiger partial charge is 0.214 e. The Kier molecular flexibility index (Phi) is 6.88. The summed E-state index contributed by atoms with van der Waals surface area (Å²) < 4.78 is 28.0. The van der Waals surface area contributed by atoms with Crippen LogP contribution in [0.5, 0.6) is 11.5 Å². The van der Waals surface area contributed by atoms with E-state index in [1.165, 1.54) is 6.07 Å². The van der Waals surface area contributed by atoms with Crippen LogP contribution in [0.3, 0.4) is 0 Å². The Balaban J connectivity index is 1.50. The maximum Gasteiger partial charge on any atom is 0.214 e. The highest BCUT2D eigenvalue weighted by Crippen LogP contribution is 2.31. The minimum atomic E-state index is -0.408. The van der Waals surface area contributed by atoms with Crippen LogP contribution in [0.15, 0.2) is 78.9 Å². The summed E-state index contributed by atoms with van der Waals surface area (Å²) in [6, 6.07) is 24.0. The standard InChI is InChI=1S/C27H22ClFN4O2S/c1-34-24-12-5-4-9-19(24)26-31-32-27(36)33(26)30-15-20-18-8-3-2-7-17(18)13-14-25(20)35-16-21-22(28)10-6-11-23(21)29/h2-14,30H,15-16H2,1H3,(H,32,36). The highest BCUT2D eigenvalue weighted by atomic mass is 35.5. The number of H-pyrrole nitrogens is 1. The molecule has 0 unspecified atom stereocenters. The molecule has 36 heavy (non-hydrogen) atoms. The van der Waals surface area contributed by atoms with Crippen molar-refractivity contribution in [3.8, 4) is 22.9 Å². The van der Waals surface area contributed by atoms with E-state index in [1.807, 2.05) is 60.7 Å². The average molecular weight is 521 g/mol. The lowest BCUT2D eigenvalue weighted by Gasteiger charge is -2.17. The molecule has 0 saturated heterocycles. The molecule has 0 aliphatic heterocycles. The molecule has 4 aromatic carbocycles. The number of methoxy groups -OCH3 is 1. The van der Waals surface area contributed by atoms with E-state index >= 15 is 0 Å². The van der Waals surface area contributed by atoms with Crippen LogP contribution >= 0.6 is 23.8 Å². The number of aromatic nitrogens is 3.